The Labute approximate surface area is 229 Å². The highest BCUT2D eigenvalue weighted by Gasteiger charge is 2.29. The number of carbonyl (C=O) groups excluding carboxylic acids is 2. The highest BCUT2D eigenvalue weighted by molar-refractivity contribution is 5.95. The van der Waals surface area contributed by atoms with E-state index in [1.807, 2.05) is 0 Å². The van der Waals surface area contributed by atoms with Crippen molar-refractivity contribution in [1.82, 2.24) is 19.8 Å². The summed E-state index contributed by atoms with van der Waals surface area (Å²) in [6, 6.07) is 12.1. The van der Waals surface area contributed by atoms with Crippen LogP contribution in [0.5, 0.6) is 0 Å². The number of fused-ring (bicyclic) bond motifs is 1. The third kappa shape index (κ3) is 6.67. The number of piperidine rings is 1. The largest absolute Gasteiger partial charge is 0.356 e. The van der Waals surface area contributed by atoms with Crippen molar-refractivity contribution in [3.63, 3.8) is 0 Å². The molecule has 2 heterocycles. The first kappa shape index (κ1) is 27.3. The SMILES string of the molecule is CC(C)CNC(=O)C1CCC(n2/c(=N\C(=O)c3ccc(F)cc3)[nH]c3ccc(CN4CCCCC4)cc32)CC1. The average molecular weight is 534 g/mol. The average Bonchev–Trinajstić information content (AvgIpc) is 3.29. The van der Waals surface area contributed by atoms with Crippen LogP contribution in [0.4, 0.5) is 4.39 Å². The highest BCUT2D eigenvalue weighted by Crippen LogP contribution is 2.33. The van der Waals surface area contributed by atoms with Gasteiger partial charge in [0, 0.05) is 30.6 Å². The van der Waals surface area contributed by atoms with Crippen molar-refractivity contribution in [3.8, 4) is 0 Å². The number of rotatable bonds is 7. The molecule has 2 amide bonds. The fourth-order valence-electron chi connectivity index (χ4n) is 5.90. The number of imidazole rings is 1. The van der Waals surface area contributed by atoms with Gasteiger partial charge in [-0.3, -0.25) is 14.5 Å². The van der Waals surface area contributed by atoms with E-state index >= 15 is 0 Å². The molecule has 0 unspecified atom stereocenters. The number of likely N-dealkylation sites (tertiary alicyclic amines) is 1. The van der Waals surface area contributed by atoms with Crippen LogP contribution in [0, 0.1) is 17.7 Å². The van der Waals surface area contributed by atoms with Gasteiger partial charge in [-0.2, -0.15) is 4.99 Å². The minimum absolute atomic E-state index is 0.0155. The zero-order valence-electron chi connectivity index (χ0n) is 23.1. The van der Waals surface area contributed by atoms with Crippen LogP contribution in [-0.2, 0) is 11.3 Å². The predicted molar refractivity (Wildman–Crippen MR) is 151 cm³/mol. The van der Waals surface area contributed by atoms with Gasteiger partial charge in [0.15, 0.2) is 0 Å². The molecule has 1 saturated carbocycles. The monoisotopic (exact) mass is 533 g/mol. The third-order valence-corrected chi connectivity index (χ3v) is 8.07. The van der Waals surface area contributed by atoms with E-state index in [1.54, 1.807) is 0 Å². The smallest absolute Gasteiger partial charge is 0.280 e. The maximum atomic E-state index is 13.4. The van der Waals surface area contributed by atoms with E-state index in [9.17, 15) is 14.0 Å². The lowest BCUT2D eigenvalue weighted by molar-refractivity contribution is -0.126. The van der Waals surface area contributed by atoms with E-state index in [1.165, 1.54) is 49.1 Å². The van der Waals surface area contributed by atoms with Crippen molar-refractivity contribution in [2.45, 2.75) is 71.4 Å². The summed E-state index contributed by atoms with van der Waals surface area (Å²) in [6.07, 6.45) is 7.06. The standard InChI is InChI=1S/C31H40FN5O2/c1-21(2)19-33-29(38)23-9-13-26(14-10-23)37-28-18-22(20-36-16-4-3-5-17-36)6-15-27(28)34-31(37)35-30(39)24-7-11-25(32)12-8-24/h6-8,11-12,15,18,21,23,26H,3-5,9-10,13-14,16-17,19-20H2,1-2H3,(H,33,38)(H,34,35,39). The number of aromatic nitrogens is 2. The van der Waals surface area contributed by atoms with Gasteiger partial charge in [0.2, 0.25) is 11.5 Å². The molecular weight excluding hydrogens is 493 g/mol. The van der Waals surface area contributed by atoms with Gasteiger partial charge in [0.05, 0.1) is 11.0 Å². The fraction of sp³-hybridized carbons (Fsp3) is 0.516. The number of nitrogens with one attached hydrogen (secondary N) is 2. The Kier molecular flexibility index (Phi) is 8.60. The summed E-state index contributed by atoms with van der Waals surface area (Å²) in [6.45, 7) is 8.06. The molecular formula is C31H40FN5O2. The van der Waals surface area contributed by atoms with Crippen LogP contribution in [0.3, 0.4) is 0 Å². The summed E-state index contributed by atoms with van der Waals surface area (Å²) in [5.41, 5.74) is 4.05. The van der Waals surface area contributed by atoms with E-state index in [0.29, 0.717) is 23.6 Å². The molecule has 2 aromatic carbocycles. The Morgan fingerprint density at radius 1 is 1.03 bits per heavy atom. The van der Waals surface area contributed by atoms with Crippen molar-refractivity contribution in [2.75, 3.05) is 19.6 Å². The molecule has 0 bridgehead atoms. The molecule has 3 aromatic rings. The Morgan fingerprint density at radius 3 is 2.44 bits per heavy atom. The van der Waals surface area contributed by atoms with Crippen LogP contribution < -0.4 is 10.9 Å². The molecule has 1 aliphatic carbocycles. The van der Waals surface area contributed by atoms with Gasteiger partial charge in [0.1, 0.15) is 5.82 Å². The molecule has 2 fully saturated rings. The second kappa shape index (κ2) is 12.3. The molecule has 2 N–H and O–H groups in total. The maximum absolute atomic E-state index is 13.4. The minimum atomic E-state index is -0.411. The minimum Gasteiger partial charge on any atom is -0.356 e. The summed E-state index contributed by atoms with van der Waals surface area (Å²) in [5, 5.41) is 3.09. The molecule has 5 rings (SSSR count). The van der Waals surface area contributed by atoms with E-state index in [0.717, 1.165) is 56.4 Å². The number of carbonyl (C=O) groups is 2. The first-order chi connectivity index (χ1) is 18.9. The Balaban J connectivity index is 1.45. The van der Waals surface area contributed by atoms with Gasteiger partial charge in [-0.05, 0) is 99.5 Å². The normalized spacial score (nSPS) is 21.0. The molecule has 208 valence electrons. The molecule has 7 nitrogen and oxygen atoms in total. The molecule has 39 heavy (non-hydrogen) atoms. The van der Waals surface area contributed by atoms with E-state index in [2.05, 4.69) is 56.8 Å². The topological polar surface area (TPSA) is 82.5 Å². The van der Waals surface area contributed by atoms with Crippen LogP contribution in [0.1, 0.15) is 80.8 Å². The van der Waals surface area contributed by atoms with Crippen LogP contribution in [0.25, 0.3) is 11.0 Å². The molecule has 2 aliphatic rings. The van der Waals surface area contributed by atoms with Gasteiger partial charge in [-0.25, -0.2) is 4.39 Å². The van der Waals surface area contributed by atoms with Gasteiger partial charge in [-0.1, -0.05) is 26.3 Å². The van der Waals surface area contributed by atoms with Crippen molar-refractivity contribution in [3.05, 3.63) is 65.0 Å². The summed E-state index contributed by atoms with van der Waals surface area (Å²) in [7, 11) is 0. The number of H-pyrrole nitrogens is 1. The Bertz CT molecular complexity index is 1360. The van der Waals surface area contributed by atoms with E-state index < -0.39 is 5.91 Å². The fourth-order valence-corrected chi connectivity index (χ4v) is 5.90. The lowest BCUT2D eigenvalue weighted by atomic mass is 9.85. The van der Waals surface area contributed by atoms with Crippen molar-refractivity contribution in [2.24, 2.45) is 16.8 Å². The zero-order chi connectivity index (χ0) is 27.4. The Hall–Kier alpha value is -3.26. The van der Waals surface area contributed by atoms with E-state index in [4.69, 9.17) is 0 Å². The van der Waals surface area contributed by atoms with Crippen molar-refractivity contribution >= 4 is 22.8 Å². The lowest BCUT2D eigenvalue weighted by Gasteiger charge is -2.29. The molecule has 0 spiro atoms. The quantitative estimate of drug-likeness (QED) is 0.430. The summed E-state index contributed by atoms with van der Waals surface area (Å²) >= 11 is 0. The number of amides is 2. The molecule has 1 saturated heterocycles. The molecule has 1 aliphatic heterocycles. The number of hydrogen-bond donors (Lipinski definition) is 2. The molecule has 0 atom stereocenters. The van der Waals surface area contributed by atoms with Crippen molar-refractivity contribution < 1.29 is 14.0 Å². The van der Waals surface area contributed by atoms with Gasteiger partial charge in [0.25, 0.3) is 5.91 Å². The van der Waals surface area contributed by atoms with Crippen LogP contribution in [0.2, 0.25) is 0 Å². The van der Waals surface area contributed by atoms with Gasteiger partial charge >= 0.3 is 0 Å². The maximum Gasteiger partial charge on any atom is 0.280 e. The molecule has 0 radical (unpaired) electrons. The number of benzene rings is 2. The third-order valence-electron chi connectivity index (χ3n) is 8.07. The zero-order valence-corrected chi connectivity index (χ0v) is 23.1. The second-order valence-electron chi connectivity index (χ2n) is 11.6. The number of hydrogen-bond acceptors (Lipinski definition) is 3. The first-order valence-electron chi connectivity index (χ1n) is 14.4. The highest BCUT2D eigenvalue weighted by atomic mass is 19.1. The molecule has 8 heteroatoms. The van der Waals surface area contributed by atoms with Crippen LogP contribution in [-0.4, -0.2) is 45.9 Å². The van der Waals surface area contributed by atoms with Gasteiger partial charge < -0.3 is 14.9 Å². The first-order valence-corrected chi connectivity index (χ1v) is 14.4. The number of aromatic amines is 1. The Morgan fingerprint density at radius 2 is 1.74 bits per heavy atom. The molecule has 1 aromatic heterocycles. The van der Waals surface area contributed by atoms with Crippen LogP contribution in [0.15, 0.2) is 47.5 Å². The van der Waals surface area contributed by atoms with Crippen molar-refractivity contribution in [1.29, 1.82) is 0 Å². The number of halogens is 1. The van der Waals surface area contributed by atoms with E-state index in [-0.39, 0.29) is 23.7 Å². The number of nitrogens with zero attached hydrogens (tertiary/aromatic N) is 3. The summed E-state index contributed by atoms with van der Waals surface area (Å²) < 4.78 is 15.6. The summed E-state index contributed by atoms with van der Waals surface area (Å²) in [4.78, 5) is 36.1. The van der Waals surface area contributed by atoms with Gasteiger partial charge in [-0.15, -0.1) is 0 Å². The van der Waals surface area contributed by atoms with Crippen LogP contribution >= 0.6 is 0 Å². The predicted octanol–water partition coefficient (Wildman–Crippen LogP) is 5.34. The second-order valence-corrected chi connectivity index (χ2v) is 11.6. The summed E-state index contributed by atoms with van der Waals surface area (Å²) in [5.74, 6) is -0.213. The lowest BCUT2D eigenvalue weighted by Crippen LogP contribution is -2.36.